The normalized spacial score (nSPS) is 11.2. The van der Waals surface area contributed by atoms with Crippen LogP contribution in [0.4, 0.5) is 18.9 Å². The lowest BCUT2D eigenvalue weighted by molar-refractivity contribution is -0.659. The molecule has 4 nitrogen and oxygen atoms in total. The number of carbonyl (C=O) groups is 1. The van der Waals surface area contributed by atoms with Crippen molar-refractivity contribution in [3.63, 3.8) is 0 Å². The molecule has 0 radical (unpaired) electrons. The SMILES string of the molecule is O=C(C[NH2+]Cc1cccs1)Nc1ccc(OC(F)(F)F)cc1. The van der Waals surface area contributed by atoms with Crippen LogP contribution in [0.1, 0.15) is 4.88 Å². The third kappa shape index (κ3) is 5.74. The zero-order chi connectivity index (χ0) is 16.0. The Morgan fingerprint density at radius 2 is 1.95 bits per heavy atom. The molecule has 0 aliphatic rings. The summed E-state index contributed by atoms with van der Waals surface area (Å²) in [6.45, 7) is 0.947. The number of nitrogens with two attached hydrogens (primary N) is 1. The molecule has 0 atom stereocenters. The summed E-state index contributed by atoms with van der Waals surface area (Å²) < 4.78 is 39.8. The fourth-order valence-electron chi connectivity index (χ4n) is 1.73. The van der Waals surface area contributed by atoms with E-state index in [1.807, 2.05) is 22.8 Å². The Hall–Kier alpha value is -2.06. The average Bonchev–Trinajstić information content (AvgIpc) is 2.92. The van der Waals surface area contributed by atoms with E-state index >= 15 is 0 Å². The van der Waals surface area contributed by atoms with Gasteiger partial charge in [-0.2, -0.15) is 0 Å². The molecule has 0 fully saturated rings. The van der Waals surface area contributed by atoms with Gasteiger partial charge < -0.3 is 15.4 Å². The third-order valence-electron chi connectivity index (χ3n) is 2.63. The van der Waals surface area contributed by atoms with Gasteiger partial charge in [0.25, 0.3) is 5.91 Å². The molecule has 1 amide bonds. The number of carbonyl (C=O) groups excluding carboxylic acids is 1. The molecule has 0 unspecified atom stereocenters. The highest BCUT2D eigenvalue weighted by atomic mass is 32.1. The van der Waals surface area contributed by atoms with E-state index in [1.54, 1.807) is 11.3 Å². The Kier molecular flexibility index (Phi) is 5.40. The van der Waals surface area contributed by atoms with Crippen molar-refractivity contribution < 1.29 is 28.0 Å². The maximum absolute atomic E-state index is 12.0. The highest BCUT2D eigenvalue weighted by Gasteiger charge is 2.30. The third-order valence-corrected chi connectivity index (χ3v) is 3.53. The number of alkyl halides is 3. The minimum absolute atomic E-state index is 0.221. The lowest BCUT2D eigenvalue weighted by Gasteiger charge is -2.09. The van der Waals surface area contributed by atoms with Crippen molar-refractivity contribution in [1.82, 2.24) is 0 Å². The lowest BCUT2D eigenvalue weighted by Crippen LogP contribution is -2.84. The largest absolute Gasteiger partial charge is 0.573 e. The number of hydrogen-bond acceptors (Lipinski definition) is 3. The second-order valence-electron chi connectivity index (χ2n) is 4.40. The zero-order valence-corrected chi connectivity index (χ0v) is 12.2. The van der Waals surface area contributed by atoms with Crippen LogP contribution in [0, 0.1) is 0 Å². The van der Waals surface area contributed by atoms with Gasteiger partial charge in [0, 0.05) is 5.69 Å². The number of halogens is 3. The summed E-state index contributed by atoms with van der Waals surface area (Å²) in [7, 11) is 0. The van der Waals surface area contributed by atoms with Crippen molar-refractivity contribution in [2.75, 3.05) is 11.9 Å². The molecule has 22 heavy (non-hydrogen) atoms. The van der Waals surface area contributed by atoms with Gasteiger partial charge in [-0.05, 0) is 35.7 Å². The average molecular weight is 331 g/mol. The molecular weight excluding hydrogens is 317 g/mol. The summed E-state index contributed by atoms with van der Waals surface area (Å²) in [5, 5.41) is 6.42. The fourth-order valence-corrected chi connectivity index (χ4v) is 2.43. The maximum Gasteiger partial charge on any atom is 0.573 e. The standard InChI is InChI=1S/C14H13F3N2O2S/c15-14(16,17)21-11-5-3-10(4-6-11)19-13(20)9-18-8-12-2-1-7-22-12/h1-7,18H,8-9H2,(H,19,20)/p+1. The molecular formula is C14H14F3N2O2S+. The number of rotatable bonds is 6. The second kappa shape index (κ2) is 7.28. The van der Waals surface area contributed by atoms with E-state index in [2.05, 4.69) is 10.1 Å². The van der Waals surface area contributed by atoms with Crippen LogP contribution in [0.15, 0.2) is 41.8 Å². The van der Waals surface area contributed by atoms with Crippen molar-refractivity contribution in [2.24, 2.45) is 0 Å². The van der Waals surface area contributed by atoms with Crippen LogP contribution < -0.4 is 15.4 Å². The summed E-state index contributed by atoms with van der Waals surface area (Å²) in [6.07, 6.45) is -4.72. The molecule has 1 heterocycles. The molecule has 1 aromatic carbocycles. The number of benzene rings is 1. The Morgan fingerprint density at radius 3 is 2.55 bits per heavy atom. The number of ether oxygens (including phenoxy) is 1. The number of thiophene rings is 1. The van der Waals surface area contributed by atoms with E-state index in [1.165, 1.54) is 17.0 Å². The first-order valence-electron chi connectivity index (χ1n) is 6.42. The molecule has 1 aromatic heterocycles. The van der Waals surface area contributed by atoms with Gasteiger partial charge in [-0.1, -0.05) is 6.07 Å². The molecule has 0 spiro atoms. The van der Waals surface area contributed by atoms with Crippen LogP contribution in [-0.2, 0) is 11.3 Å². The summed E-state index contributed by atoms with van der Waals surface area (Å²) in [5.41, 5.74) is 0.420. The predicted octanol–water partition coefficient (Wildman–Crippen LogP) is 2.35. The van der Waals surface area contributed by atoms with Gasteiger partial charge in [0.15, 0.2) is 6.54 Å². The molecule has 0 saturated carbocycles. The summed E-state index contributed by atoms with van der Waals surface area (Å²) in [5.74, 6) is -0.546. The lowest BCUT2D eigenvalue weighted by atomic mass is 10.3. The van der Waals surface area contributed by atoms with E-state index in [4.69, 9.17) is 0 Å². The highest BCUT2D eigenvalue weighted by Crippen LogP contribution is 2.23. The zero-order valence-electron chi connectivity index (χ0n) is 11.4. The predicted molar refractivity (Wildman–Crippen MR) is 76.6 cm³/mol. The number of quaternary nitrogens is 1. The Bertz CT molecular complexity index is 598. The van der Waals surface area contributed by atoms with E-state index in [-0.39, 0.29) is 18.2 Å². The van der Waals surface area contributed by atoms with E-state index in [0.717, 1.165) is 12.1 Å². The minimum Gasteiger partial charge on any atom is -0.406 e. The fraction of sp³-hybridized carbons (Fsp3) is 0.214. The van der Waals surface area contributed by atoms with Crippen molar-refractivity contribution in [2.45, 2.75) is 12.9 Å². The van der Waals surface area contributed by atoms with E-state index < -0.39 is 6.36 Å². The molecule has 0 aliphatic carbocycles. The van der Waals surface area contributed by atoms with Gasteiger partial charge in [-0.15, -0.1) is 24.5 Å². The molecule has 3 N–H and O–H groups in total. The van der Waals surface area contributed by atoms with Gasteiger partial charge in [-0.3, -0.25) is 4.79 Å². The quantitative estimate of drug-likeness (QED) is 0.854. The summed E-state index contributed by atoms with van der Waals surface area (Å²) >= 11 is 1.62. The van der Waals surface area contributed by atoms with Crippen LogP contribution in [0.25, 0.3) is 0 Å². The van der Waals surface area contributed by atoms with Crippen molar-refractivity contribution >= 4 is 22.9 Å². The van der Waals surface area contributed by atoms with Crippen LogP contribution in [-0.4, -0.2) is 18.8 Å². The Balaban J connectivity index is 1.76. The van der Waals surface area contributed by atoms with Gasteiger partial charge in [0.05, 0.1) is 4.88 Å². The van der Waals surface area contributed by atoms with Crippen LogP contribution >= 0.6 is 11.3 Å². The van der Waals surface area contributed by atoms with Crippen molar-refractivity contribution in [3.05, 3.63) is 46.7 Å². The molecule has 0 bridgehead atoms. The number of anilines is 1. The van der Waals surface area contributed by atoms with Gasteiger partial charge >= 0.3 is 6.36 Å². The van der Waals surface area contributed by atoms with Crippen LogP contribution in [0.3, 0.4) is 0 Å². The van der Waals surface area contributed by atoms with Crippen LogP contribution in [0.5, 0.6) is 5.75 Å². The van der Waals surface area contributed by atoms with E-state index in [0.29, 0.717) is 12.2 Å². The van der Waals surface area contributed by atoms with Crippen molar-refractivity contribution in [3.8, 4) is 5.75 Å². The summed E-state index contributed by atoms with van der Waals surface area (Å²) in [4.78, 5) is 12.9. The van der Waals surface area contributed by atoms with Gasteiger partial charge in [-0.25, -0.2) is 0 Å². The molecule has 0 aliphatic heterocycles. The van der Waals surface area contributed by atoms with Crippen molar-refractivity contribution in [1.29, 1.82) is 0 Å². The molecule has 2 aromatic rings. The molecule has 2 rings (SSSR count). The highest BCUT2D eigenvalue weighted by molar-refractivity contribution is 7.09. The first-order chi connectivity index (χ1) is 10.4. The van der Waals surface area contributed by atoms with Gasteiger partial charge in [0.2, 0.25) is 0 Å². The molecule has 8 heteroatoms. The molecule has 118 valence electrons. The smallest absolute Gasteiger partial charge is 0.406 e. The Morgan fingerprint density at radius 1 is 1.23 bits per heavy atom. The summed E-state index contributed by atoms with van der Waals surface area (Å²) in [6, 6.07) is 8.95. The maximum atomic E-state index is 12.0. The molecule has 0 saturated heterocycles. The van der Waals surface area contributed by atoms with Crippen LogP contribution in [0.2, 0.25) is 0 Å². The number of hydrogen-bond donors (Lipinski definition) is 2. The number of amides is 1. The number of nitrogens with one attached hydrogen (secondary N) is 1. The first-order valence-corrected chi connectivity index (χ1v) is 7.30. The van der Waals surface area contributed by atoms with Gasteiger partial charge in [0.1, 0.15) is 12.3 Å². The second-order valence-corrected chi connectivity index (χ2v) is 5.43. The first kappa shape index (κ1) is 16.3. The van der Waals surface area contributed by atoms with E-state index in [9.17, 15) is 18.0 Å². The minimum atomic E-state index is -4.72. The Labute approximate surface area is 128 Å². The topological polar surface area (TPSA) is 54.9 Å². The monoisotopic (exact) mass is 331 g/mol.